The van der Waals surface area contributed by atoms with Crippen molar-refractivity contribution in [3.05, 3.63) is 46.5 Å². The van der Waals surface area contributed by atoms with Gasteiger partial charge in [-0.2, -0.15) is 0 Å². The number of nitrogens with one attached hydrogen (secondary N) is 1. The molecule has 0 aliphatic carbocycles. The Morgan fingerprint density at radius 1 is 1.24 bits per heavy atom. The first kappa shape index (κ1) is 17.5. The van der Waals surface area contributed by atoms with E-state index in [4.69, 9.17) is 16.0 Å². The van der Waals surface area contributed by atoms with Gasteiger partial charge in [0.15, 0.2) is 5.58 Å². The molecule has 0 radical (unpaired) electrons. The molecule has 130 valence electrons. The van der Waals surface area contributed by atoms with E-state index in [0.717, 1.165) is 40.6 Å². The fourth-order valence-corrected chi connectivity index (χ4v) is 2.97. The summed E-state index contributed by atoms with van der Waals surface area (Å²) in [5.41, 5.74) is 5.17. The molecule has 3 aromatic rings. The average Bonchev–Trinajstić information content (AvgIpc) is 2.99. The molecule has 25 heavy (non-hydrogen) atoms. The number of benzene rings is 2. The molecule has 0 bridgehead atoms. The molecule has 0 fully saturated rings. The first-order valence-electron chi connectivity index (χ1n) is 8.45. The average molecular weight is 357 g/mol. The maximum atomic E-state index is 12.0. The Balaban J connectivity index is 1.94. The van der Waals surface area contributed by atoms with Gasteiger partial charge < -0.3 is 9.73 Å². The highest BCUT2D eigenvalue weighted by Gasteiger charge is 2.13. The smallest absolute Gasteiger partial charge is 0.227 e. The minimum atomic E-state index is -0.0371. The van der Waals surface area contributed by atoms with E-state index in [1.807, 2.05) is 26.0 Å². The zero-order chi connectivity index (χ0) is 18.0. The summed E-state index contributed by atoms with van der Waals surface area (Å²) in [6, 6.07) is 9.46. The molecular weight excluding hydrogens is 336 g/mol. The number of nitrogens with zero attached hydrogens (tertiary/aromatic N) is 1. The zero-order valence-corrected chi connectivity index (χ0v) is 15.4. The summed E-state index contributed by atoms with van der Waals surface area (Å²) in [4.78, 5) is 16.6. The lowest BCUT2D eigenvalue weighted by atomic mass is 10.1. The van der Waals surface area contributed by atoms with Crippen molar-refractivity contribution in [2.45, 2.75) is 40.0 Å². The molecule has 0 aliphatic heterocycles. The number of carbonyl (C=O) groups is 1. The highest BCUT2D eigenvalue weighted by atomic mass is 35.5. The second-order valence-electron chi connectivity index (χ2n) is 6.30. The molecule has 2 aromatic carbocycles. The van der Waals surface area contributed by atoms with Crippen molar-refractivity contribution in [2.75, 3.05) is 5.32 Å². The molecular formula is C20H21ClN2O2. The Morgan fingerprint density at radius 3 is 2.80 bits per heavy atom. The molecule has 0 atom stereocenters. The topological polar surface area (TPSA) is 55.1 Å². The summed E-state index contributed by atoms with van der Waals surface area (Å²) in [5, 5.41) is 3.37. The number of unbranched alkanes of at least 4 members (excludes halogenated alkanes) is 1. The number of oxazole rings is 1. The molecule has 0 saturated carbocycles. The number of aromatic nitrogens is 1. The summed E-state index contributed by atoms with van der Waals surface area (Å²) >= 11 is 6.22. The summed E-state index contributed by atoms with van der Waals surface area (Å²) in [6.45, 7) is 6.09. The van der Waals surface area contributed by atoms with Gasteiger partial charge in [-0.25, -0.2) is 4.98 Å². The van der Waals surface area contributed by atoms with Crippen LogP contribution in [-0.2, 0) is 4.79 Å². The first-order valence-corrected chi connectivity index (χ1v) is 8.83. The van der Waals surface area contributed by atoms with Crippen LogP contribution in [0.1, 0.15) is 37.3 Å². The third kappa shape index (κ3) is 3.85. The Kier molecular flexibility index (Phi) is 5.09. The standard InChI is InChI=1S/C20H21ClN2O2/c1-4-5-6-18(24)22-16-11-14(7-8-15(16)21)20-23-17-10-12(2)9-13(3)19(17)25-20/h7-11H,4-6H2,1-3H3,(H,22,24). The lowest BCUT2D eigenvalue weighted by molar-refractivity contribution is -0.116. The Labute approximate surface area is 152 Å². The highest BCUT2D eigenvalue weighted by molar-refractivity contribution is 6.33. The largest absolute Gasteiger partial charge is 0.436 e. The van der Waals surface area contributed by atoms with Crippen LogP contribution in [-0.4, -0.2) is 10.9 Å². The van der Waals surface area contributed by atoms with Gasteiger partial charge in [0.2, 0.25) is 11.8 Å². The SMILES string of the molecule is CCCCC(=O)Nc1cc(-c2nc3cc(C)cc(C)c3o2)ccc1Cl. The summed E-state index contributed by atoms with van der Waals surface area (Å²) in [6.07, 6.45) is 2.31. The molecule has 3 rings (SSSR count). The van der Waals surface area contributed by atoms with Crippen molar-refractivity contribution < 1.29 is 9.21 Å². The maximum absolute atomic E-state index is 12.0. The van der Waals surface area contributed by atoms with E-state index < -0.39 is 0 Å². The molecule has 1 heterocycles. The van der Waals surface area contributed by atoms with E-state index in [-0.39, 0.29) is 5.91 Å². The Morgan fingerprint density at radius 2 is 2.04 bits per heavy atom. The van der Waals surface area contributed by atoms with E-state index in [1.54, 1.807) is 12.1 Å². The molecule has 4 nitrogen and oxygen atoms in total. The van der Waals surface area contributed by atoms with Gasteiger partial charge in [0, 0.05) is 12.0 Å². The van der Waals surface area contributed by atoms with Gasteiger partial charge in [-0.15, -0.1) is 0 Å². The number of amides is 1. The number of aryl methyl sites for hydroxylation is 2. The molecule has 1 amide bonds. The van der Waals surface area contributed by atoms with Gasteiger partial charge in [-0.3, -0.25) is 4.79 Å². The molecule has 1 N–H and O–H groups in total. The number of rotatable bonds is 5. The van der Waals surface area contributed by atoms with Crippen LogP contribution in [0.5, 0.6) is 0 Å². The Bertz CT molecular complexity index is 931. The van der Waals surface area contributed by atoms with Gasteiger partial charge in [0.1, 0.15) is 5.52 Å². The number of fused-ring (bicyclic) bond motifs is 1. The van der Waals surface area contributed by atoms with Crippen molar-refractivity contribution >= 4 is 34.3 Å². The molecule has 0 unspecified atom stereocenters. The van der Waals surface area contributed by atoms with Crippen LogP contribution in [0.4, 0.5) is 5.69 Å². The molecule has 5 heteroatoms. The van der Waals surface area contributed by atoms with Crippen LogP contribution in [0.3, 0.4) is 0 Å². The van der Waals surface area contributed by atoms with E-state index in [0.29, 0.717) is 23.0 Å². The summed E-state index contributed by atoms with van der Waals surface area (Å²) < 4.78 is 5.94. The van der Waals surface area contributed by atoms with E-state index in [1.165, 1.54) is 0 Å². The van der Waals surface area contributed by atoms with Crippen LogP contribution in [0.2, 0.25) is 5.02 Å². The molecule has 0 aliphatic rings. The fourth-order valence-electron chi connectivity index (χ4n) is 2.80. The first-order chi connectivity index (χ1) is 12.0. The van der Waals surface area contributed by atoms with Gasteiger partial charge in [0.05, 0.1) is 10.7 Å². The Hall–Kier alpha value is -2.33. The summed E-state index contributed by atoms with van der Waals surface area (Å²) in [5.74, 6) is 0.481. The molecule has 0 saturated heterocycles. The molecule has 0 spiro atoms. The van der Waals surface area contributed by atoms with Crippen LogP contribution in [0.15, 0.2) is 34.7 Å². The van der Waals surface area contributed by atoms with Crippen molar-refractivity contribution in [1.82, 2.24) is 4.98 Å². The number of anilines is 1. The van der Waals surface area contributed by atoms with E-state index >= 15 is 0 Å². The monoisotopic (exact) mass is 356 g/mol. The van der Waals surface area contributed by atoms with Crippen LogP contribution >= 0.6 is 11.6 Å². The van der Waals surface area contributed by atoms with E-state index in [9.17, 15) is 4.79 Å². The lowest BCUT2D eigenvalue weighted by Gasteiger charge is -2.08. The number of hydrogen-bond donors (Lipinski definition) is 1. The normalized spacial score (nSPS) is 11.0. The van der Waals surface area contributed by atoms with Crippen molar-refractivity contribution in [3.8, 4) is 11.5 Å². The highest BCUT2D eigenvalue weighted by Crippen LogP contribution is 2.31. The lowest BCUT2D eigenvalue weighted by Crippen LogP contribution is -2.11. The van der Waals surface area contributed by atoms with E-state index in [2.05, 4.69) is 23.3 Å². The zero-order valence-electron chi connectivity index (χ0n) is 14.6. The van der Waals surface area contributed by atoms with Gasteiger partial charge in [-0.1, -0.05) is 31.0 Å². The van der Waals surface area contributed by atoms with Crippen molar-refractivity contribution in [2.24, 2.45) is 0 Å². The van der Waals surface area contributed by atoms with Crippen LogP contribution in [0.25, 0.3) is 22.6 Å². The van der Waals surface area contributed by atoms with Gasteiger partial charge in [0.25, 0.3) is 0 Å². The molecule has 1 aromatic heterocycles. The van der Waals surface area contributed by atoms with Crippen molar-refractivity contribution in [3.63, 3.8) is 0 Å². The number of halogens is 1. The fraction of sp³-hybridized carbons (Fsp3) is 0.300. The second kappa shape index (κ2) is 7.28. The quantitative estimate of drug-likeness (QED) is 0.619. The minimum Gasteiger partial charge on any atom is -0.436 e. The predicted octanol–water partition coefficient (Wildman–Crippen LogP) is 5.89. The van der Waals surface area contributed by atoms with Gasteiger partial charge >= 0.3 is 0 Å². The van der Waals surface area contributed by atoms with Crippen LogP contribution in [0, 0.1) is 13.8 Å². The second-order valence-corrected chi connectivity index (χ2v) is 6.70. The summed E-state index contributed by atoms with van der Waals surface area (Å²) in [7, 11) is 0. The van der Waals surface area contributed by atoms with Crippen molar-refractivity contribution in [1.29, 1.82) is 0 Å². The number of hydrogen-bond acceptors (Lipinski definition) is 3. The van der Waals surface area contributed by atoms with Crippen LogP contribution < -0.4 is 5.32 Å². The minimum absolute atomic E-state index is 0.0371. The predicted molar refractivity (Wildman–Crippen MR) is 102 cm³/mol. The number of carbonyl (C=O) groups excluding carboxylic acids is 1. The third-order valence-corrected chi connectivity index (χ3v) is 4.39. The maximum Gasteiger partial charge on any atom is 0.227 e. The third-order valence-electron chi connectivity index (χ3n) is 4.06. The van der Waals surface area contributed by atoms with Gasteiger partial charge in [-0.05, 0) is 55.7 Å².